The summed E-state index contributed by atoms with van der Waals surface area (Å²) in [6, 6.07) is 16.8. The monoisotopic (exact) mass is 482 g/mol. The molecule has 2 aromatic carbocycles. The molecule has 0 radical (unpaired) electrons. The van der Waals surface area contributed by atoms with Gasteiger partial charge in [0, 0.05) is 24.5 Å². The van der Waals surface area contributed by atoms with Crippen molar-refractivity contribution in [3.8, 4) is 0 Å². The predicted molar refractivity (Wildman–Crippen MR) is 142 cm³/mol. The molecular formula is C31H34N2O3. The summed E-state index contributed by atoms with van der Waals surface area (Å²) in [5.74, 6) is -1.06. The lowest BCUT2D eigenvalue weighted by molar-refractivity contribution is -0.140. The zero-order valence-electron chi connectivity index (χ0n) is 21.9. The summed E-state index contributed by atoms with van der Waals surface area (Å²) in [5.41, 5.74) is 5.27. The fourth-order valence-corrected chi connectivity index (χ4v) is 4.63. The van der Waals surface area contributed by atoms with Crippen LogP contribution in [0.1, 0.15) is 80.0 Å². The van der Waals surface area contributed by atoms with Crippen LogP contribution < -0.4 is 0 Å². The summed E-state index contributed by atoms with van der Waals surface area (Å²) >= 11 is 0. The number of aliphatic hydroxyl groups excluding tert-OH is 1. The molecule has 0 bridgehead atoms. The maximum Gasteiger partial charge on any atom is 0.295 e. The number of nitrogens with zero attached hydrogens (tertiary/aromatic N) is 2. The zero-order chi connectivity index (χ0) is 26.2. The minimum absolute atomic E-state index is 0.125. The van der Waals surface area contributed by atoms with Gasteiger partial charge in [-0.3, -0.25) is 14.6 Å². The Bertz CT molecular complexity index is 1320. The number of hydrogen-bond donors (Lipinski definition) is 1. The van der Waals surface area contributed by atoms with E-state index in [0.717, 1.165) is 22.3 Å². The van der Waals surface area contributed by atoms with Crippen molar-refractivity contribution in [1.29, 1.82) is 0 Å². The number of aryl methyl sites for hydroxylation is 1. The molecule has 2 heterocycles. The number of Topliss-reactive ketones (excluding diaryl/α,β-unsaturated/α-hetero) is 1. The molecule has 1 fully saturated rings. The third kappa shape index (κ3) is 4.83. The van der Waals surface area contributed by atoms with Gasteiger partial charge in [0.05, 0.1) is 11.6 Å². The lowest BCUT2D eigenvalue weighted by Crippen LogP contribution is -2.29. The summed E-state index contributed by atoms with van der Waals surface area (Å²) in [6.07, 6.45) is 3.33. The van der Waals surface area contributed by atoms with Crippen LogP contribution in [0.3, 0.4) is 0 Å². The average Bonchev–Trinajstić information content (AvgIpc) is 3.09. The Morgan fingerprint density at radius 2 is 1.64 bits per heavy atom. The van der Waals surface area contributed by atoms with Crippen molar-refractivity contribution in [1.82, 2.24) is 9.88 Å². The first kappa shape index (κ1) is 25.4. The summed E-state index contributed by atoms with van der Waals surface area (Å²) in [7, 11) is 0. The van der Waals surface area contributed by atoms with Crippen LogP contribution in [0.15, 0.2) is 72.6 Å². The number of rotatable bonds is 5. The number of amides is 1. The standard InChI is InChI=1S/C31H34N2O3/c1-19(2)22-8-10-23(11-9-22)27-26(28(34)25-17-24(31(4,5)6)12-7-20(25)3)29(35)30(36)33(27)18-21-13-15-32-16-14-21/h7-17,19,27,34H,18H2,1-6H3/b28-26+. The summed E-state index contributed by atoms with van der Waals surface area (Å²) < 4.78 is 0. The Hall–Kier alpha value is -3.73. The van der Waals surface area contributed by atoms with E-state index < -0.39 is 17.7 Å². The van der Waals surface area contributed by atoms with Crippen LogP contribution in [0.5, 0.6) is 0 Å². The molecule has 1 aromatic heterocycles. The number of aliphatic hydroxyl groups is 1. The van der Waals surface area contributed by atoms with E-state index in [-0.39, 0.29) is 23.3 Å². The first-order chi connectivity index (χ1) is 17.0. The molecule has 0 saturated carbocycles. The van der Waals surface area contributed by atoms with E-state index in [1.165, 1.54) is 5.56 Å². The topological polar surface area (TPSA) is 70.5 Å². The SMILES string of the molecule is Cc1ccc(C(C)(C)C)cc1/C(O)=C1\C(=O)C(=O)N(Cc2ccncc2)C1c1ccc(C(C)C)cc1. The smallest absolute Gasteiger partial charge is 0.295 e. The van der Waals surface area contributed by atoms with Gasteiger partial charge < -0.3 is 10.0 Å². The molecule has 36 heavy (non-hydrogen) atoms. The molecule has 3 aromatic rings. The number of benzene rings is 2. The molecule has 1 aliphatic rings. The second-order valence-corrected chi connectivity index (χ2v) is 10.9. The van der Waals surface area contributed by atoms with E-state index in [1.807, 2.05) is 61.5 Å². The number of carbonyl (C=O) groups excluding carboxylic acids is 2. The Morgan fingerprint density at radius 1 is 1.00 bits per heavy atom. The molecule has 1 unspecified atom stereocenters. The van der Waals surface area contributed by atoms with Crippen molar-refractivity contribution in [3.05, 3.63) is 106 Å². The van der Waals surface area contributed by atoms with E-state index in [4.69, 9.17) is 0 Å². The van der Waals surface area contributed by atoms with Gasteiger partial charge in [-0.2, -0.15) is 0 Å². The maximum absolute atomic E-state index is 13.5. The van der Waals surface area contributed by atoms with Gasteiger partial charge >= 0.3 is 0 Å². The molecule has 1 saturated heterocycles. The van der Waals surface area contributed by atoms with E-state index >= 15 is 0 Å². The fourth-order valence-electron chi connectivity index (χ4n) is 4.63. The molecule has 4 rings (SSSR count). The number of likely N-dealkylation sites (tertiary alicyclic amines) is 1. The van der Waals surface area contributed by atoms with Crippen LogP contribution in [0.25, 0.3) is 5.76 Å². The van der Waals surface area contributed by atoms with E-state index in [0.29, 0.717) is 11.5 Å². The van der Waals surface area contributed by atoms with Crippen LogP contribution >= 0.6 is 0 Å². The second kappa shape index (κ2) is 9.73. The molecule has 1 atom stereocenters. The molecule has 1 aliphatic heterocycles. The molecular weight excluding hydrogens is 448 g/mol. The number of carbonyl (C=O) groups is 2. The summed E-state index contributed by atoms with van der Waals surface area (Å²) in [4.78, 5) is 32.4. The summed E-state index contributed by atoms with van der Waals surface area (Å²) in [5, 5.41) is 11.6. The van der Waals surface area contributed by atoms with Gasteiger partial charge in [0.15, 0.2) is 0 Å². The fraction of sp³-hybridized carbons (Fsp3) is 0.323. The lowest BCUT2D eigenvalue weighted by Gasteiger charge is -2.26. The first-order valence-electron chi connectivity index (χ1n) is 12.4. The van der Waals surface area contributed by atoms with Gasteiger partial charge in [-0.1, -0.05) is 71.0 Å². The molecule has 0 spiro atoms. The highest BCUT2D eigenvalue weighted by Gasteiger charge is 2.46. The largest absolute Gasteiger partial charge is 0.507 e. The van der Waals surface area contributed by atoms with Crippen LogP contribution in [0, 0.1) is 6.92 Å². The molecule has 1 amide bonds. The lowest BCUT2D eigenvalue weighted by atomic mass is 9.84. The number of pyridine rings is 1. The van der Waals surface area contributed by atoms with Crippen molar-refractivity contribution in [2.45, 2.75) is 65.5 Å². The van der Waals surface area contributed by atoms with Crippen molar-refractivity contribution < 1.29 is 14.7 Å². The Balaban J connectivity index is 1.90. The van der Waals surface area contributed by atoms with Crippen molar-refractivity contribution >= 4 is 17.4 Å². The molecule has 0 aliphatic carbocycles. The van der Waals surface area contributed by atoms with Gasteiger partial charge in [0.2, 0.25) is 0 Å². The van der Waals surface area contributed by atoms with Crippen LogP contribution in [-0.4, -0.2) is 26.7 Å². The Kier molecular flexibility index (Phi) is 6.85. The van der Waals surface area contributed by atoms with Crippen LogP contribution in [0.2, 0.25) is 0 Å². The molecule has 5 heteroatoms. The average molecular weight is 483 g/mol. The predicted octanol–water partition coefficient (Wildman–Crippen LogP) is 6.43. The van der Waals surface area contributed by atoms with Gasteiger partial charge in [-0.15, -0.1) is 0 Å². The highest BCUT2D eigenvalue weighted by molar-refractivity contribution is 6.46. The van der Waals surface area contributed by atoms with E-state index in [1.54, 1.807) is 17.3 Å². The summed E-state index contributed by atoms with van der Waals surface area (Å²) in [6.45, 7) is 12.7. The highest BCUT2D eigenvalue weighted by Crippen LogP contribution is 2.41. The van der Waals surface area contributed by atoms with Crippen LogP contribution in [0.4, 0.5) is 0 Å². The molecule has 186 valence electrons. The van der Waals surface area contributed by atoms with Crippen molar-refractivity contribution in [2.24, 2.45) is 0 Å². The number of ketones is 1. The van der Waals surface area contributed by atoms with Crippen LogP contribution in [-0.2, 0) is 21.5 Å². The number of aromatic nitrogens is 1. The van der Waals surface area contributed by atoms with E-state index in [2.05, 4.69) is 39.6 Å². The third-order valence-electron chi connectivity index (χ3n) is 6.92. The normalized spacial score (nSPS) is 17.8. The van der Waals surface area contributed by atoms with Gasteiger partial charge in [-0.25, -0.2) is 0 Å². The zero-order valence-corrected chi connectivity index (χ0v) is 21.9. The van der Waals surface area contributed by atoms with Gasteiger partial charge in [-0.05, 0) is 64.3 Å². The highest BCUT2D eigenvalue weighted by atomic mass is 16.3. The Morgan fingerprint density at radius 3 is 2.22 bits per heavy atom. The first-order valence-corrected chi connectivity index (χ1v) is 12.4. The Labute approximate surface area is 213 Å². The van der Waals surface area contributed by atoms with Gasteiger partial charge in [0.1, 0.15) is 5.76 Å². The van der Waals surface area contributed by atoms with Crippen molar-refractivity contribution in [3.63, 3.8) is 0 Å². The maximum atomic E-state index is 13.5. The van der Waals surface area contributed by atoms with Gasteiger partial charge in [0.25, 0.3) is 11.7 Å². The van der Waals surface area contributed by atoms with Crippen molar-refractivity contribution in [2.75, 3.05) is 0 Å². The molecule has 1 N–H and O–H groups in total. The van der Waals surface area contributed by atoms with E-state index in [9.17, 15) is 14.7 Å². The quantitative estimate of drug-likeness (QED) is 0.258. The minimum Gasteiger partial charge on any atom is -0.507 e. The molecule has 5 nitrogen and oxygen atoms in total. The minimum atomic E-state index is -0.697. The third-order valence-corrected chi connectivity index (χ3v) is 6.92. The second-order valence-electron chi connectivity index (χ2n) is 10.9. The number of hydrogen-bond acceptors (Lipinski definition) is 4.